The molecule has 1 heterocycles. The molecule has 0 aromatic carbocycles. The molecule has 1 aliphatic carbocycles. The zero-order chi connectivity index (χ0) is 14.5. The first kappa shape index (κ1) is 14.8. The summed E-state index contributed by atoms with van der Waals surface area (Å²) >= 11 is 0. The fourth-order valence-corrected chi connectivity index (χ4v) is 2.42. The number of nitrogens with zero attached hydrogens (tertiary/aromatic N) is 1. The molecule has 20 heavy (non-hydrogen) atoms. The Morgan fingerprint density at radius 3 is 2.50 bits per heavy atom. The number of carbonyl (C=O) groups is 3. The van der Waals surface area contributed by atoms with Gasteiger partial charge in [-0.25, -0.2) is 4.79 Å². The molecular weight excluding hydrogens is 260 g/mol. The smallest absolute Gasteiger partial charge is 0.321 e. The number of urea groups is 1. The summed E-state index contributed by atoms with van der Waals surface area (Å²) in [4.78, 5) is 36.2. The van der Waals surface area contributed by atoms with Crippen LogP contribution in [0.15, 0.2) is 0 Å². The molecule has 3 N–H and O–H groups in total. The molecule has 1 atom stereocenters. The maximum atomic E-state index is 11.8. The van der Waals surface area contributed by atoms with Gasteiger partial charge in [-0.1, -0.05) is 0 Å². The summed E-state index contributed by atoms with van der Waals surface area (Å²) in [5.41, 5.74) is 0. The lowest BCUT2D eigenvalue weighted by Gasteiger charge is -2.32. The molecule has 0 spiro atoms. The summed E-state index contributed by atoms with van der Waals surface area (Å²) < 4.78 is 0. The summed E-state index contributed by atoms with van der Waals surface area (Å²) in [6.45, 7) is 3.15. The molecule has 7 heteroatoms. The van der Waals surface area contributed by atoms with E-state index in [0.29, 0.717) is 6.54 Å². The molecule has 0 bridgehead atoms. The van der Waals surface area contributed by atoms with Crippen molar-refractivity contribution in [2.24, 2.45) is 0 Å². The van der Waals surface area contributed by atoms with E-state index in [0.717, 1.165) is 32.2 Å². The minimum Gasteiger partial charge on any atom is -0.352 e. The second kappa shape index (κ2) is 6.69. The van der Waals surface area contributed by atoms with Crippen LogP contribution >= 0.6 is 0 Å². The van der Waals surface area contributed by atoms with Gasteiger partial charge < -0.3 is 10.6 Å². The highest BCUT2D eigenvalue weighted by Crippen LogP contribution is 2.18. The van der Waals surface area contributed by atoms with Crippen molar-refractivity contribution in [3.05, 3.63) is 0 Å². The van der Waals surface area contributed by atoms with Crippen molar-refractivity contribution in [3.63, 3.8) is 0 Å². The zero-order valence-corrected chi connectivity index (χ0v) is 11.8. The largest absolute Gasteiger partial charge is 0.352 e. The normalized spacial score (nSPS) is 22.9. The van der Waals surface area contributed by atoms with Crippen LogP contribution in [0.1, 0.15) is 32.6 Å². The number of likely N-dealkylation sites (tertiary alicyclic amines) is 1. The van der Waals surface area contributed by atoms with Crippen molar-refractivity contribution in [2.45, 2.75) is 44.7 Å². The maximum absolute atomic E-state index is 11.8. The van der Waals surface area contributed by atoms with E-state index in [1.54, 1.807) is 0 Å². The highest BCUT2D eigenvalue weighted by atomic mass is 16.2. The lowest BCUT2D eigenvalue weighted by molar-refractivity contribution is -0.121. The van der Waals surface area contributed by atoms with Crippen LogP contribution in [0.2, 0.25) is 0 Å². The van der Waals surface area contributed by atoms with Crippen molar-refractivity contribution in [1.82, 2.24) is 20.9 Å². The minimum atomic E-state index is -0.409. The second-order valence-corrected chi connectivity index (χ2v) is 5.57. The predicted octanol–water partition coefficient (Wildman–Crippen LogP) is -0.425. The fourth-order valence-electron chi connectivity index (χ4n) is 2.42. The molecule has 1 saturated heterocycles. The lowest BCUT2D eigenvalue weighted by Crippen LogP contribution is -2.51. The van der Waals surface area contributed by atoms with Gasteiger partial charge in [-0.2, -0.15) is 0 Å². The maximum Gasteiger partial charge on any atom is 0.321 e. The molecule has 112 valence electrons. The SMILES string of the molecule is CC(=O)NC1CCCN(CC(=O)NC(=O)NC2CC2)C1. The Labute approximate surface area is 118 Å². The van der Waals surface area contributed by atoms with Crippen LogP contribution in [-0.2, 0) is 9.59 Å². The molecule has 2 rings (SSSR count). The van der Waals surface area contributed by atoms with Crippen LogP contribution in [0.25, 0.3) is 0 Å². The number of hydrogen-bond donors (Lipinski definition) is 3. The van der Waals surface area contributed by atoms with E-state index < -0.39 is 6.03 Å². The van der Waals surface area contributed by atoms with E-state index in [-0.39, 0.29) is 30.4 Å². The fraction of sp³-hybridized carbons (Fsp3) is 0.769. The Morgan fingerprint density at radius 1 is 1.10 bits per heavy atom. The van der Waals surface area contributed by atoms with Gasteiger partial charge in [0.1, 0.15) is 0 Å². The topological polar surface area (TPSA) is 90.5 Å². The average molecular weight is 282 g/mol. The summed E-state index contributed by atoms with van der Waals surface area (Å²) in [5, 5.41) is 7.92. The lowest BCUT2D eigenvalue weighted by atomic mass is 10.1. The van der Waals surface area contributed by atoms with Crippen LogP contribution in [-0.4, -0.2) is 54.5 Å². The molecule has 1 aliphatic heterocycles. The van der Waals surface area contributed by atoms with Crippen LogP contribution in [0.5, 0.6) is 0 Å². The van der Waals surface area contributed by atoms with Gasteiger partial charge in [0.05, 0.1) is 6.54 Å². The van der Waals surface area contributed by atoms with Gasteiger partial charge in [-0.15, -0.1) is 0 Å². The molecule has 1 saturated carbocycles. The first-order valence-electron chi connectivity index (χ1n) is 7.12. The van der Waals surface area contributed by atoms with Gasteiger partial charge >= 0.3 is 6.03 Å². The monoisotopic (exact) mass is 282 g/mol. The number of carbonyl (C=O) groups excluding carboxylic acids is 3. The van der Waals surface area contributed by atoms with Crippen LogP contribution < -0.4 is 16.0 Å². The van der Waals surface area contributed by atoms with Crippen molar-refractivity contribution in [2.75, 3.05) is 19.6 Å². The zero-order valence-electron chi connectivity index (χ0n) is 11.8. The molecule has 0 radical (unpaired) electrons. The molecular formula is C13H22N4O3. The molecule has 7 nitrogen and oxygen atoms in total. The average Bonchev–Trinajstić information content (AvgIpc) is 3.11. The van der Waals surface area contributed by atoms with Crippen molar-refractivity contribution >= 4 is 17.8 Å². The predicted molar refractivity (Wildman–Crippen MR) is 73.0 cm³/mol. The quantitative estimate of drug-likeness (QED) is 0.653. The number of rotatable bonds is 4. The first-order chi connectivity index (χ1) is 9.52. The van der Waals surface area contributed by atoms with E-state index in [1.165, 1.54) is 6.92 Å². The number of hydrogen-bond acceptors (Lipinski definition) is 4. The Bertz CT molecular complexity index is 395. The molecule has 4 amide bonds. The van der Waals surface area contributed by atoms with E-state index in [2.05, 4.69) is 16.0 Å². The Hall–Kier alpha value is -1.63. The third kappa shape index (κ3) is 5.16. The number of nitrogens with one attached hydrogen (secondary N) is 3. The van der Waals surface area contributed by atoms with E-state index in [9.17, 15) is 14.4 Å². The number of amides is 4. The summed E-state index contributed by atoms with van der Waals surface area (Å²) in [5.74, 6) is -0.350. The molecule has 0 aromatic heterocycles. The Morgan fingerprint density at radius 2 is 1.85 bits per heavy atom. The third-order valence-corrected chi connectivity index (χ3v) is 3.45. The molecule has 2 aliphatic rings. The van der Waals surface area contributed by atoms with E-state index >= 15 is 0 Å². The molecule has 0 aromatic rings. The van der Waals surface area contributed by atoms with Crippen molar-refractivity contribution in [3.8, 4) is 0 Å². The first-order valence-corrected chi connectivity index (χ1v) is 7.12. The Kier molecular flexibility index (Phi) is 4.94. The van der Waals surface area contributed by atoms with Gasteiger partial charge in [0.2, 0.25) is 11.8 Å². The van der Waals surface area contributed by atoms with Gasteiger partial charge in [0.25, 0.3) is 0 Å². The number of imide groups is 1. The third-order valence-electron chi connectivity index (χ3n) is 3.45. The number of piperidine rings is 1. The summed E-state index contributed by atoms with van der Waals surface area (Å²) in [6.07, 6.45) is 3.85. The van der Waals surface area contributed by atoms with Crippen LogP contribution in [0.3, 0.4) is 0 Å². The van der Waals surface area contributed by atoms with Crippen molar-refractivity contribution < 1.29 is 14.4 Å². The van der Waals surface area contributed by atoms with Crippen LogP contribution in [0.4, 0.5) is 4.79 Å². The standard InChI is InChI=1S/C13H22N4O3/c1-9(18)14-11-3-2-6-17(7-11)8-12(19)16-13(20)15-10-4-5-10/h10-11H,2-8H2,1H3,(H,14,18)(H2,15,16,19,20). The highest BCUT2D eigenvalue weighted by molar-refractivity contribution is 5.95. The van der Waals surface area contributed by atoms with Gasteiger partial charge in [-0.3, -0.25) is 19.8 Å². The van der Waals surface area contributed by atoms with Gasteiger partial charge in [0, 0.05) is 25.6 Å². The van der Waals surface area contributed by atoms with Crippen molar-refractivity contribution in [1.29, 1.82) is 0 Å². The molecule has 1 unspecified atom stereocenters. The summed E-state index contributed by atoms with van der Waals surface area (Å²) in [6, 6.07) is -0.0794. The van der Waals surface area contributed by atoms with E-state index in [4.69, 9.17) is 0 Å². The minimum absolute atomic E-state index is 0.0508. The molecule has 2 fully saturated rings. The highest BCUT2D eigenvalue weighted by Gasteiger charge is 2.25. The van der Waals surface area contributed by atoms with Gasteiger partial charge in [-0.05, 0) is 32.2 Å². The van der Waals surface area contributed by atoms with E-state index in [1.807, 2.05) is 4.90 Å². The second-order valence-electron chi connectivity index (χ2n) is 5.57. The summed E-state index contributed by atoms with van der Waals surface area (Å²) in [7, 11) is 0. The van der Waals surface area contributed by atoms with Crippen LogP contribution in [0, 0.1) is 0 Å². The van der Waals surface area contributed by atoms with Gasteiger partial charge in [0.15, 0.2) is 0 Å². The Balaban J connectivity index is 1.69.